The largest absolute Gasteiger partial charge is 0.489 e. The van der Waals surface area contributed by atoms with E-state index in [4.69, 9.17) is 60.6 Å². The van der Waals surface area contributed by atoms with Crippen LogP contribution < -0.4 is 14.2 Å². The van der Waals surface area contributed by atoms with Gasteiger partial charge in [-0.15, -0.1) is 0 Å². The summed E-state index contributed by atoms with van der Waals surface area (Å²) in [6.45, 7) is 1.65. The lowest BCUT2D eigenvalue weighted by Crippen LogP contribution is -2.06. The number of hydrogen-bond acceptors (Lipinski definition) is 4. The summed E-state index contributed by atoms with van der Waals surface area (Å²) in [5.41, 5.74) is 0. The summed E-state index contributed by atoms with van der Waals surface area (Å²) in [7, 11) is 0. The molecule has 0 heterocycles. The van der Waals surface area contributed by atoms with Crippen LogP contribution in [0.15, 0.2) is 47.0 Å². The Morgan fingerprint density at radius 2 is 1.54 bits per heavy atom. The minimum Gasteiger partial charge on any atom is -0.489 e. The van der Waals surface area contributed by atoms with Gasteiger partial charge in [0, 0.05) is 12.1 Å². The second kappa shape index (κ2) is 9.93. The van der Waals surface area contributed by atoms with E-state index in [2.05, 4.69) is 0 Å². The molecular formula is C18H14Cl4O4. The summed E-state index contributed by atoms with van der Waals surface area (Å²) in [6, 6.07) is 9.87. The van der Waals surface area contributed by atoms with Crippen molar-refractivity contribution in [2.75, 3.05) is 13.2 Å². The van der Waals surface area contributed by atoms with Crippen LogP contribution in [0.4, 0.5) is 0 Å². The summed E-state index contributed by atoms with van der Waals surface area (Å²) >= 11 is 23.5. The molecule has 0 aliphatic carbocycles. The number of hydrogen-bond donors (Lipinski definition) is 0. The molecule has 0 bridgehead atoms. The fourth-order valence-corrected chi connectivity index (χ4v) is 2.50. The van der Waals surface area contributed by atoms with Gasteiger partial charge >= 0.3 is 0 Å². The first-order valence-electron chi connectivity index (χ1n) is 7.38. The number of ether oxygens (including phenoxy) is 3. The van der Waals surface area contributed by atoms with E-state index in [1.54, 1.807) is 36.4 Å². The Morgan fingerprint density at radius 3 is 2.08 bits per heavy atom. The second-order valence-electron chi connectivity index (χ2n) is 5.08. The monoisotopic (exact) mass is 434 g/mol. The fraction of sp³-hybridized carbons (Fsp3) is 0.167. The molecule has 0 unspecified atom stereocenters. The van der Waals surface area contributed by atoms with Crippen molar-refractivity contribution in [1.82, 2.24) is 0 Å². The van der Waals surface area contributed by atoms with Crippen molar-refractivity contribution in [2.45, 2.75) is 6.92 Å². The van der Waals surface area contributed by atoms with Crippen molar-refractivity contribution in [1.29, 1.82) is 0 Å². The van der Waals surface area contributed by atoms with E-state index in [9.17, 15) is 4.79 Å². The van der Waals surface area contributed by atoms with Crippen molar-refractivity contribution < 1.29 is 19.0 Å². The van der Waals surface area contributed by atoms with Crippen LogP contribution in [-0.4, -0.2) is 19.0 Å². The van der Waals surface area contributed by atoms with Crippen LogP contribution in [-0.2, 0) is 4.79 Å². The van der Waals surface area contributed by atoms with Crippen molar-refractivity contribution >= 4 is 52.2 Å². The predicted octanol–water partition coefficient (Wildman–Crippen LogP) is 6.45. The highest BCUT2D eigenvalue weighted by Crippen LogP contribution is 2.39. The molecule has 0 saturated heterocycles. The van der Waals surface area contributed by atoms with Crippen molar-refractivity contribution in [3.05, 3.63) is 57.0 Å². The topological polar surface area (TPSA) is 44.8 Å². The third-order valence-electron chi connectivity index (χ3n) is 2.95. The molecule has 2 aromatic rings. The number of carbonyl (C=O) groups is 1. The lowest BCUT2D eigenvalue weighted by atomic mass is 10.3. The van der Waals surface area contributed by atoms with Crippen LogP contribution in [0, 0.1) is 0 Å². The minimum atomic E-state index is -0.0602. The van der Waals surface area contributed by atoms with E-state index in [0.717, 1.165) is 0 Å². The summed E-state index contributed by atoms with van der Waals surface area (Å²) in [6.07, 6.45) is 1.49. The van der Waals surface area contributed by atoms with Gasteiger partial charge in [-0.25, -0.2) is 0 Å². The summed E-state index contributed by atoms with van der Waals surface area (Å²) < 4.78 is 16.6. The highest BCUT2D eigenvalue weighted by atomic mass is 35.5. The molecule has 26 heavy (non-hydrogen) atoms. The predicted molar refractivity (Wildman–Crippen MR) is 104 cm³/mol. The van der Waals surface area contributed by atoms with E-state index < -0.39 is 0 Å². The van der Waals surface area contributed by atoms with Gasteiger partial charge in [0.25, 0.3) is 0 Å². The lowest BCUT2D eigenvalue weighted by Gasteiger charge is -2.12. The molecule has 2 rings (SSSR count). The molecule has 0 fully saturated rings. The van der Waals surface area contributed by atoms with E-state index in [0.29, 0.717) is 23.0 Å². The van der Waals surface area contributed by atoms with E-state index in [1.165, 1.54) is 13.0 Å². The molecule has 0 spiro atoms. The van der Waals surface area contributed by atoms with Gasteiger partial charge in [0.05, 0.1) is 10.0 Å². The highest BCUT2D eigenvalue weighted by Gasteiger charge is 2.12. The normalized spacial score (nSPS) is 10.2. The maximum absolute atomic E-state index is 10.9. The molecule has 0 aliphatic rings. The molecule has 0 aromatic heterocycles. The van der Waals surface area contributed by atoms with E-state index in [-0.39, 0.29) is 33.5 Å². The van der Waals surface area contributed by atoms with Gasteiger partial charge in [-0.2, -0.15) is 0 Å². The number of Topliss-reactive ketones (excluding diaryl/α,β-unsaturated/α-hetero) is 1. The van der Waals surface area contributed by atoms with Gasteiger partial charge in [-0.3, -0.25) is 4.79 Å². The molecule has 138 valence electrons. The zero-order valence-corrected chi connectivity index (χ0v) is 16.6. The van der Waals surface area contributed by atoms with Gasteiger partial charge in [0.15, 0.2) is 11.5 Å². The molecular weight excluding hydrogens is 422 g/mol. The number of halogens is 4. The van der Waals surface area contributed by atoms with E-state index in [1.807, 2.05) is 0 Å². The molecule has 4 nitrogen and oxygen atoms in total. The Kier molecular flexibility index (Phi) is 7.91. The smallest absolute Gasteiger partial charge is 0.167 e. The van der Waals surface area contributed by atoms with Crippen LogP contribution in [0.3, 0.4) is 0 Å². The minimum absolute atomic E-state index is 0.0173. The van der Waals surface area contributed by atoms with Gasteiger partial charge in [-0.1, -0.05) is 46.4 Å². The average Bonchev–Trinajstić information content (AvgIpc) is 2.57. The molecule has 2 aromatic carbocycles. The highest BCUT2D eigenvalue weighted by molar-refractivity contribution is 6.55. The molecule has 0 amide bonds. The van der Waals surface area contributed by atoms with Crippen LogP contribution in [0.25, 0.3) is 0 Å². The zero-order chi connectivity index (χ0) is 19.1. The summed E-state index contributed by atoms with van der Waals surface area (Å²) in [4.78, 5) is 10.9. The van der Waals surface area contributed by atoms with Crippen molar-refractivity contribution in [3.63, 3.8) is 0 Å². The Labute approximate surface area is 171 Å². The molecule has 0 N–H and O–H groups in total. The molecule has 0 atom stereocenters. The quantitative estimate of drug-likeness (QED) is 0.477. The maximum Gasteiger partial charge on any atom is 0.167 e. The Morgan fingerprint density at radius 1 is 0.962 bits per heavy atom. The maximum atomic E-state index is 10.9. The van der Waals surface area contributed by atoms with Gasteiger partial charge in [0.1, 0.15) is 35.0 Å². The van der Waals surface area contributed by atoms with Gasteiger partial charge in [0.2, 0.25) is 0 Å². The molecule has 0 saturated carbocycles. The SMILES string of the molecule is CC(=O)COc1ccc(Oc2c(Cl)cc(OCC=C(Cl)Cl)cc2Cl)cc1. The number of benzene rings is 2. The fourth-order valence-electron chi connectivity index (χ4n) is 1.83. The van der Waals surface area contributed by atoms with Crippen molar-refractivity contribution in [3.8, 4) is 23.0 Å². The molecule has 0 aliphatic heterocycles. The first-order chi connectivity index (χ1) is 12.3. The third-order valence-corrected chi connectivity index (χ3v) is 3.82. The van der Waals surface area contributed by atoms with Crippen LogP contribution in [0.2, 0.25) is 10.0 Å². The number of rotatable bonds is 8. The Balaban J connectivity index is 2.07. The van der Waals surface area contributed by atoms with E-state index >= 15 is 0 Å². The summed E-state index contributed by atoms with van der Waals surface area (Å²) in [5, 5.41) is 0.565. The van der Waals surface area contributed by atoms with Crippen molar-refractivity contribution in [2.24, 2.45) is 0 Å². The first-order valence-corrected chi connectivity index (χ1v) is 8.89. The molecule has 8 heteroatoms. The second-order valence-corrected chi connectivity index (χ2v) is 6.91. The number of carbonyl (C=O) groups excluding carboxylic acids is 1. The average molecular weight is 436 g/mol. The van der Waals surface area contributed by atoms with Crippen LogP contribution in [0.5, 0.6) is 23.0 Å². The third kappa shape index (κ3) is 6.61. The standard InChI is InChI=1S/C18H14Cl4O4/c1-11(23)10-25-12-2-4-13(5-3-12)26-18-15(19)8-14(9-16(18)20)24-7-6-17(21)22/h2-6,8-9H,7,10H2,1H3. The van der Waals surface area contributed by atoms with Crippen LogP contribution >= 0.6 is 46.4 Å². The lowest BCUT2D eigenvalue weighted by molar-refractivity contribution is -0.118. The van der Waals surface area contributed by atoms with Gasteiger partial charge in [-0.05, 0) is 37.3 Å². The first kappa shape index (κ1) is 20.7. The zero-order valence-electron chi connectivity index (χ0n) is 13.6. The molecule has 0 radical (unpaired) electrons. The van der Waals surface area contributed by atoms with Gasteiger partial charge < -0.3 is 14.2 Å². The Bertz CT molecular complexity index is 776. The summed E-state index contributed by atoms with van der Waals surface area (Å²) in [5.74, 6) is 1.75. The van der Waals surface area contributed by atoms with Crippen LogP contribution in [0.1, 0.15) is 6.92 Å². The Hall–Kier alpha value is -1.59. The number of ketones is 1.